The van der Waals surface area contributed by atoms with Gasteiger partial charge >= 0.3 is 0 Å². The minimum atomic E-state index is -0.407. The van der Waals surface area contributed by atoms with Crippen molar-refractivity contribution < 1.29 is 15.0 Å². The van der Waals surface area contributed by atoms with Crippen molar-refractivity contribution in [2.24, 2.45) is 23.7 Å². The first-order valence-electron chi connectivity index (χ1n) is 12.6. The Morgan fingerprint density at radius 3 is 2.87 bits per heavy atom. The molecule has 1 saturated heterocycles. The molecule has 1 heterocycles. The van der Waals surface area contributed by atoms with Gasteiger partial charge in [-0.2, -0.15) is 11.8 Å². The Morgan fingerprint density at radius 1 is 1.35 bits per heavy atom. The van der Waals surface area contributed by atoms with Crippen molar-refractivity contribution in [3.05, 3.63) is 23.8 Å². The van der Waals surface area contributed by atoms with Crippen molar-refractivity contribution in [2.45, 2.75) is 83.8 Å². The minimum absolute atomic E-state index is 0.154. The molecule has 0 aromatic carbocycles. The van der Waals surface area contributed by atoms with Gasteiger partial charge in [-0.05, 0) is 49.9 Å². The number of likely N-dealkylation sites (tertiary alicyclic amines) is 1. The van der Waals surface area contributed by atoms with E-state index in [4.69, 9.17) is 0 Å². The van der Waals surface area contributed by atoms with E-state index in [9.17, 15) is 15.0 Å². The molecule has 2 N–H and O–H groups in total. The Bertz CT molecular complexity index is 628. The Morgan fingerprint density at radius 2 is 2.13 bits per heavy atom. The third-order valence-electron chi connectivity index (χ3n) is 7.41. The van der Waals surface area contributed by atoms with E-state index >= 15 is 0 Å². The zero-order chi connectivity index (χ0) is 22.2. The Labute approximate surface area is 193 Å². The molecule has 5 heteroatoms. The van der Waals surface area contributed by atoms with Gasteiger partial charge in [-0.25, -0.2) is 0 Å². The van der Waals surface area contributed by atoms with E-state index in [1.807, 2.05) is 22.7 Å². The van der Waals surface area contributed by atoms with Crippen LogP contribution in [-0.4, -0.2) is 57.8 Å². The number of aliphatic hydroxyl groups excluding tert-OH is 2. The molecular weight excluding hydrogens is 406 g/mol. The first-order chi connectivity index (χ1) is 15.0. The number of hydrogen-bond acceptors (Lipinski definition) is 4. The van der Waals surface area contributed by atoms with Gasteiger partial charge in [0.2, 0.25) is 5.91 Å². The third kappa shape index (κ3) is 7.36. The number of rotatable bonds is 12. The average molecular weight is 450 g/mol. The summed E-state index contributed by atoms with van der Waals surface area (Å²) < 4.78 is 0. The zero-order valence-corrected chi connectivity index (χ0v) is 20.4. The first-order valence-corrected chi connectivity index (χ1v) is 13.7. The fourth-order valence-electron chi connectivity index (χ4n) is 5.62. The molecule has 0 unspecified atom stereocenters. The van der Waals surface area contributed by atoms with E-state index in [-0.39, 0.29) is 12.0 Å². The molecule has 1 saturated carbocycles. The summed E-state index contributed by atoms with van der Waals surface area (Å²) in [6.07, 6.45) is 15.0. The molecule has 1 amide bonds. The summed E-state index contributed by atoms with van der Waals surface area (Å²) in [5.74, 6) is 3.85. The van der Waals surface area contributed by atoms with Gasteiger partial charge in [0, 0.05) is 36.9 Å². The summed E-state index contributed by atoms with van der Waals surface area (Å²) in [6, 6.07) is 0. The topological polar surface area (TPSA) is 60.8 Å². The van der Waals surface area contributed by atoms with E-state index < -0.39 is 6.10 Å². The summed E-state index contributed by atoms with van der Waals surface area (Å²) in [7, 11) is 0. The number of thioether (sulfide) groups is 1. The van der Waals surface area contributed by atoms with Crippen LogP contribution in [0.4, 0.5) is 0 Å². The van der Waals surface area contributed by atoms with Gasteiger partial charge < -0.3 is 15.1 Å². The van der Waals surface area contributed by atoms with Gasteiger partial charge in [0.15, 0.2) is 0 Å². The van der Waals surface area contributed by atoms with Crippen LogP contribution in [0.2, 0.25) is 0 Å². The number of nitrogens with zero attached hydrogens (tertiary/aromatic N) is 1. The molecule has 1 aliphatic heterocycles. The maximum Gasteiger partial charge on any atom is 0.223 e. The van der Waals surface area contributed by atoms with Crippen molar-refractivity contribution >= 4 is 17.7 Å². The van der Waals surface area contributed by atoms with Crippen LogP contribution >= 0.6 is 11.8 Å². The van der Waals surface area contributed by atoms with Gasteiger partial charge in [-0.3, -0.25) is 4.79 Å². The number of fused-ring (bicyclic) bond motifs is 1. The highest BCUT2D eigenvalue weighted by atomic mass is 32.2. The predicted molar refractivity (Wildman–Crippen MR) is 130 cm³/mol. The first kappa shape index (κ1) is 24.9. The average Bonchev–Trinajstić information content (AvgIpc) is 3.45. The zero-order valence-electron chi connectivity index (χ0n) is 19.5. The molecule has 31 heavy (non-hydrogen) atoms. The molecule has 0 bridgehead atoms. The van der Waals surface area contributed by atoms with E-state index in [1.165, 1.54) is 24.8 Å². The number of carbonyl (C=O) groups is 1. The number of unbranched alkanes of at least 4 members (excludes halogenated alkanes) is 1. The van der Waals surface area contributed by atoms with E-state index in [1.54, 1.807) is 0 Å². The van der Waals surface area contributed by atoms with Crippen LogP contribution in [0.25, 0.3) is 0 Å². The molecule has 4 nitrogen and oxygen atoms in total. The molecule has 2 fully saturated rings. The number of amides is 1. The lowest BCUT2D eigenvalue weighted by Crippen LogP contribution is -2.27. The highest BCUT2D eigenvalue weighted by Crippen LogP contribution is 2.47. The fourth-order valence-corrected chi connectivity index (χ4v) is 6.56. The molecule has 0 aromatic rings. The molecule has 3 aliphatic rings. The van der Waals surface area contributed by atoms with E-state index in [0.717, 1.165) is 56.7 Å². The van der Waals surface area contributed by atoms with Crippen LogP contribution in [0, 0.1) is 23.7 Å². The summed E-state index contributed by atoms with van der Waals surface area (Å²) >= 11 is 1.87. The van der Waals surface area contributed by atoms with Crippen LogP contribution < -0.4 is 0 Å². The van der Waals surface area contributed by atoms with Gasteiger partial charge in [0.05, 0.1) is 12.2 Å². The SMILES string of the molecule is CCCC[C@H](C)C[C@H](O)C=C[C@@H]1[C@H]2CC(CSCCC(=O)N3CCCC3)=C[C@H]2C[C@H]1O. The second-order valence-electron chi connectivity index (χ2n) is 10.1. The Kier molecular flexibility index (Phi) is 9.99. The maximum absolute atomic E-state index is 12.2. The van der Waals surface area contributed by atoms with Crippen LogP contribution in [0.5, 0.6) is 0 Å². The van der Waals surface area contributed by atoms with Crippen molar-refractivity contribution in [1.82, 2.24) is 4.90 Å². The normalized spacial score (nSPS) is 30.1. The molecule has 0 radical (unpaired) electrons. The maximum atomic E-state index is 12.2. The monoisotopic (exact) mass is 449 g/mol. The van der Waals surface area contributed by atoms with Crippen LogP contribution in [0.15, 0.2) is 23.8 Å². The smallest absolute Gasteiger partial charge is 0.223 e. The van der Waals surface area contributed by atoms with E-state index in [0.29, 0.717) is 30.1 Å². The number of carbonyl (C=O) groups excluding carboxylic acids is 1. The van der Waals surface area contributed by atoms with Crippen LogP contribution in [0.3, 0.4) is 0 Å². The molecule has 2 aliphatic carbocycles. The van der Waals surface area contributed by atoms with Gasteiger partial charge in [-0.1, -0.05) is 56.9 Å². The highest BCUT2D eigenvalue weighted by Gasteiger charge is 2.43. The summed E-state index contributed by atoms with van der Waals surface area (Å²) in [6.45, 7) is 6.32. The molecular formula is C26H43NO3S. The second kappa shape index (κ2) is 12.5. The standard InChI is InChI=1S/C26H43NO3S/c1-3-4-7-19(2)14-22(28)8-9-23-24-16-20(15-21(24)17-25(23)29)18-31-13-10-26(30)27-11-5-6-12-27/h8-9,15,19,21-25,28-29H,3-7,10-14,16-18H2,1-2H3/t19-,21-,22+,23+,24-,25+/m0/s1. The summed E-state index contributed by atoms with van der Waals surface area (Å²) in [5.41, 5.74) is 1.48. The highest BCUT2D eigenvalue weighted by molar-refractivity contribution is 7.99. The summed E-state index contributed by atoms with van der Waals surface area (Å²) in [5, 5.41) is 21.0. The lowest BCUT2D eigenvalue weighted by Gasteiger charge is -2.19. The van der Waals surface area contributed by atoms with Crippen LogP contribution in [0.1, 0.15) is 71.6 Å². The Balaban J connectivity index is 1.38. The molecule has 0 spiro atoms. The van der Waals surface area contributed by atoms with Crippen LogP contribution in [-0.2, 0) is 4.79 Å². The molecule has 3 rings (SSSR count). The lowest BCUT2D eigenvalue weighted by atomic mass is 9.88. The van der Waals surface area contributed by atoms with Crippen molar-refractivity contribution in [3.63, 3.8) is 0 Å². The number of aliphatic hydroxyl groups is 2. The van der Waals surface area contributed by atoms with Crippen molar-refractivity contribution in [2.75, 3.05) is 24.6 Å². The summed E-state index contributed by atoms with van der Waals surface area (Å²) in [4.78, 5) is 14.2. The molecule has 176 valence electrons. The number of allylic oxidation sites excluding steroid dienone is 1. The van der Waals surface area contributed by atoms with Crippen molar-refractivity contribution in [1.29, 1.82) is 0 Å². The van der Waals surface area contributed by atoms with Gasteiger partial charge in [0.1, 0.15) is 0 Å². The lowest BCUT2D eigenvalue weighted by molar-refractivity contribution is -0.129. The molecule has 0 aromatic heterocycles. The largest absolute Gasteiger partial charge is 0.392 e. The van der Waals surface area contributed by atoms with Crippen molar-refractivity contribution in [3.8, 4) is 0 Å². The third-order valence-corrected chi connectivity index (χ3v) is 8.47. The fraction of sp³-hybridized carbons (Fsp3) is 0.808. The van der Waals surface area contributed by atoms with E-state index in [2.05, 4.69) is 26.0 Å². The second-order valence-corrected chi connectivity index (χ2v) is 11.2. The van der Waals surface area contributed by atoms with Gasteiger partial charge in [-0.15, -0.1) is 0 Å². The quantitative estimate of drug-likeness (QED) is 0.332. The number of hydrogen-bond donors (Lipinski definition) is 2. The van der Waals surface area contributed by atoms with Gasteiger partial charge in [0.25, 0.3) is 0 Å². The Hall–Kier alpha value is -0.780. The minimum Gasteiger partial charge on any atom is -0.392 e. The molecule has 6 atom stereocenters. The predicted octanol–water partition coefficient (Wildman–Crippen LogP) is 4.81.